The van der Waals surface area contributed by atoms with Gasteiger partial charge in [-0.15, -0.1) is 0 Å². The Labute approximate surface area is 119 Å². The fourth-order valence-electron chi connectivity index (χ4n) is 1.95. The number of nitrogens with zero attached hydrogens (tertiary/aromatic N) is 2. The first-order valence-electron chi connectivity index (χ1n) is 6.25. The molecule has 0 fully saturated rings. The van der Waals surface area contributed by atoms with Crippen LogP contribution in [-0.4, -0.2) is 10.1 Å². The summed E-state index contributed by atoms with van der Waals surface area (Å²) in [6, 6.07) is 10.5. The molecule has 0 saturated carbocycles. The Bertz CT molecular complexity index is 786. The van der Waals surface area contributed by atoms with Gasteiger partial charge in [0.25, 0.3) is 5.89 Å². The largest absolute Gasteiger partial charge is 0.399 e. The number of hydrogen-bond acceptors (Lipinski definition) is 4. The molecule has 0 bridgehead atoms. The quantitative estimate of drug-likeness (QED) is 0.751. The second kappa shape index (κ2) is 5.32. The van der Waals surface area contributed by atoms with Crippen LogP contribution in [0.15, 0.2) is 47.0 Å². The number of nitrogen functional groups attached to an aromatic ring is 1. The van der Waals surface area contributed by atoms with E-state index in [4.69, 9.17) is 10.3 Å². The summed E-state index contributed by atoms with van der Waals surface area (Å²) in [6.45, 7) is 0. The number of halogens is 2. The van der Waals surface area contributed by atoms with Crippen LogP contribution in [-0.2, 0) is 6.42 Å². The number of nitrogens with two attached hydrogens (primary N) is 1. The van der Waals surface area contributed by atoms with Crippen LogP contribution in [0.4, 0.5) is 14.5 Å². The molecule has 3 aromatic rings. The Morgan fingerprint density at radius 3 is 2.62 bits per heavy atom. The van der Waals surface area contributed by atoms with Crippen LogP contribution in [0.25, 0.3) is 11.5 Å². The monoisotopic (exact) mass is 287 g/mol. The van der Waals surface area contributed by atoms with E-state index >= 15 is 0 Å². The zero-order chi connectivity index (χ0) is 14.8. The molecule has 2 aromatic carbocycles. The molecule has 6 heteroatoms. The zero-order valence-electron chi connectivity index (χ0n) is 10.9. The number of hydrogen-bond donors (Lipinski definition) is 1. The fraction of sp³-hybridized carbons (Fsp3) is 0.0667. The van der Waals surface area contributed by atoms with E-state index in [0.717, 1.165) is 0 Å². The summed E-state index contributed by atoms with van der Waals surface area (Å²) in [5.41, 5.74) is 6.40. The van der Waals surface area contributed by atoms with E-state index in [1.807, 2.05) is 0 Å². The second-order valence-electron chi connectivity index (χ2n) is 4.52. The van der Waals surface area contributed by atoms with Gasteiger partial charge in [0.15, 0.2) is 5.82 Å². The fourth-order valence-corrected chi connectivity index (χ4v) is 1.95. The van der Waals surface area contributed by atoms with Gasteiger partial charge in [-0.1, -0.05) is 23.4 Å². The van der Waals surface area contributed by atoms with Gasteiger partial charge in [0.2, 0.25) is 0 Å². The Hall–Kier alpha value is -2.76. The minimum atomic E-state index is -0.545. The minimum absolute atomic E-state index is 0.0406. The van der Waals surface area contributed by atoms with E-state index in [1.165, 1.54) is 18.2 Å². The van der Waals surface area contributed by atoms with Gasteiger partial charge in [0.05, 0.1) is 5.56 Å². The van der Waals surface area contributed by atoms with Crippen molar-refractivity contribution in [2.75, 3.05) is 5.73 Å². The van der Waals surface area contributed by atoms with Crippen molar-refractivity contribution >= 4 is 5.69 Å². The van der Waals surface area contributed by atoms with E-state index in [-0.39, 0.29) is 29.5 Å². The van der Waals surface area contributed by atoms with Crippen molar-refractivity contribution in [1.82, 2.24) is 10.1 Å². The summed E-state index contributed by atoms with van der Waals surface area (Å²) in [5.74, 6) is -0.566. The van der Waals surface area contributed by atoms with Crippen LogP contribution in [0.5, 0.6) is 0 Å². The predicted molar refractivity (Wildman–Crippen MR) is 73.3 cm³/mol. The molecule has 3 rings (SSSR count). The Morgan fingerprint density at radius 1 is 1.05 bits per heavy atom. The third-order valence-electron chi connectivity index (χ3n) is 3.00. The number of anilines is 1. The Kier molecular flexibility index (Phi) is 3.35. The van der Waals surface area contributed by atoms with E-state index in [0.29, 0.717) is 11.3 Å². The highest BCUT2D eigenvalue weighted by Gasteiger charge is 2.14. The van der Waals surface area contributed by atoms with Gasteiger partial charge in [0, 0.05) is 12.1 Å². The SMILES string of the molecule is Nc1ccc(-c2nc(Cc3ccccc3F)no2)c(F)c1. The van der Waals surface area contributed by atoms with Crippen LogP contribution in [0.2, 0.25) is 0 Å². The van der Waals surface area contributed by atoms with Gasteiger partial charge in [-0.25, -0.2) is 8.78 Å². The lowest BCUT2D eigenvalue weighted by atomic mass is 10.1. The van der Waals surface area contributed by atoms with Gasteiger partial charge >= 0.3 is 0 Å². The third kappa shape index (κ3) is 2.74. The van der Waals surface area contributed by atoms with E-state index < -0.39 is 5.82 Å². The highest BCUT2D eigenvalue weighted by atomic mass is 19.1. The number of rotatable bonds is 3. The van der Waals surface area contributed by atoms with Crippen LogP contribution in [0.1, 0.15) is 11.4 Å². The van der Waals surface area contributed by atoms with Gasteiger partial charge in [-0.05, 0) is 29.8 Å². The highest BCUT2D eigenvalue weighted by Crippen LogP contribution is 2.23. The standard InChI is InChI=1S/C15H11F2N3O/c16-12-4-2-1-3-9(12)7-14-19-15(21-20-14)11-6-5-10(18)8-13(11)17/h1-6,8H,7,18H2. The summed E-state index contributed by atoms with van der Waals surface area (Å²) in [5, 5.41) is 3.74. The molecule has 1 aromatic heterocycles. The molecule has 0 atom stereocenters. The summed E-state index contributed by atoms with van der Waals surface area (Å²) >= 11 is 0. The van der Waals surface area contributed by atoms with Crippen molar-refractivity contribution in [2.45, 2.75) is 6.42 Å². The zero-order valence-corrected chi connectivity index (χ0v) is 10.9. The maximum atomic E-state index is 13.8. The summed E-state index contributed by atoms with van der Waals surface area (Å²) in [4.78, 5) is 4.08. The van der Waals surface area contributed by atoms with Crippen LogP contribution >= 0.6 is 0 Å². The van der Waals surface area contributed by atoms with Crippen LogP contribution in [0, 0.1) is 11.6 Å². The topological polar surface area (TPSA) is 64.9 Å². The molecule has 21 heavy (non-hydrogen) atoms. The molecule has 1 heterocycles. The lowest BCUT2D eigenvalue weighted by Gasteiger charge is -1.98. The molecule has 0 unspecified atom stereocenters. The highest BCUT2D eigenvalue weighted by molar-refractivity contribution is 5.58. The smallest absolute Gasteiger partial charge is 0.260 e. The molecule has 2 N–H and O–H groups in total. The molecule has 0 radical (unpaired) electrons. The average molecular weight is 287 g/mol. The third-order valence-corrected chi connectivity index (χ3v) is 3.00. The Morgan fingerprint density at radius 2 is 1.86 bits per heavy atom. The first-order valence-corrected chi connectivity index (χ1v) is 6.25. The van der Waals surface area contributed by atoms with Gasteiger partial charge in [0.1, 0.15) is 11.6 Å². The first-order chi connectivity index (χ1) is 10.1. The van der Waals surface area contributed by atoms with Crippen molar-refractivity contribution in [2.24, 2.45) is 0 Å². The maximum Gasteiger partial charge on any atom is 0.260 e. The molecule has 0 amide bonds. The molecule has 4 nitrogen and oxygen atoms in total. The summed E-state index contributed by atoms with van der Waals surface area (Å²) in [6.07, 6.45) is 0.173. The van der Waals surface area contributed by atoms with Crippen molar-refractivity contribution in [3.8, 4) is 11.5 Å². The minimum Gasteiger partial charge on any atom is -0.399 e. The van der Waals surface area contributed by atoms with Crippen LogP contribution in [0.3, 0.4) is 0 Å². The number of aromatic nitrogens is 2. The molecule has 0 spiro atoms. The lowest BCUT2D eigenvalue weighted by Crippen LogP contribution is -1.94. The molecule has 0 aliphatic heterocycles. The van der Waals surface area contributed by atoms with E-state index in [2.05, 4.69) is 10.1 Å². The van der Waals surface area contributed by atoms with E-state index in [1.54, 1.807) is 24.3 Å². The molecule has 0 aliphatic rings. The van der Waals surface area contributed by atoms with Crippen LogP contribution < -0.4 is 5.73 Å². The molecular weight excluding hydrogens is 276 g/mol. The molecule has 0 aliphatic carbocycles. The van der Waals surface area contributed by atoms with Gasteiger partial charge < -0.3 is 10.3 Å². The predicted octanol–water partition coefficient (Wildman–Crippen LogP) is 3.19. The second-order valence-corrected chi connectivity index (χ2v) is 4.52. The summed E-state index contributed by atoms with van der Waals surface area (Å²) in [7, 11) is 0. The van der Waals surface area contributed by atoms with E-state index in [9.17, 15) is 8.78 Å². The van der Waals surface area contributed by atoms with Crippen molar-refractivity contribution in [3.63, 3.8) is 0 Å². The van der Waals surface area contributed by atoms with Crippen molar-refractivity contribution in [1.29, 1.82) is 0 Å². The van der Waals surface area contributed by atoms with Crippen molar-refractivity contribution in [3.05, 3.63) is 65.5 Å². The maximum absolute atomic E-state index is 13.8. The molecule has 106 valence electrons. The van der Waals surface area contributed by atoms with Gasteiger partial charge in [-0.2, -0.15) is 4.98 Å². The summed E-state index contributed by atoms with van der Waals surface area (Å²) < 4.78 is 32.3. The van der Waals surface area contributed by atoms with Gasteiger partial charge in [-0.3, -0.25) is 0 Å². The van der Waals surface area contributed by atoms with Crippen molar-refractivity contribution < 1.29 is 13.3 Å². The first kappa shape index (κ1) is 13.2. The normalized spacial score (nSPS) is 10.8. The lowest BCUT2D eigenvalue weighted by molar-refractivity contribution is 0.421. The Balaban J connectivity index is 1.88. The number of benzene rings is 2. The molecular formula is C15H11F2N3O. The average Bonchev–Trinajstić information content (AvgIpc) is 2.90. The molecule has 0 saturated heterocycles.